The van der Waals surface area contributed by atoms with Crippen molar-refractivity contribution in [3.63, 3.8) is 0 Å². The maximum Gasteiger partial charge on any atom is 0.339 e. The highest BCUT2D eigenvalue weighted by Gasteiger charge is 2.39. The van der Waals surface area contributed by atoms with Crippen molar-refractivity contribution in [2.45, 2.75) is 70.1 Å². The first-order valence-corrected chi connectivity index (χ1v) is 16.0. The molecule has 0 saturated carbocycles. The molecule has 0 saturated heterocycles. The monoisotopic (exact) mass is 596 g/mol. The second kappa shape index (κ2) is 10.5. The molecule has 0 aromatic heterocycles. The molecule has 3 aromatic rings. The Kier molecular flexibility index (Phi) is 8.26. The van der Waals surface area contributed by atoms with Crippen LogP contribution in [0.5, 0.6) is 0 Å². The third-order valence-electron chi connectivity index (χ3n) is 6.67. The summed E-state index contributed by atoms with van der Waals surface area (Å²) < 4.78 is 48.2. The van der Waals surface area contributed by atoms with Gasteiger partial charge in [0.1, 0.15) is 10.7 Å². The van der Waals surface area contributed by atoms with Crippen LogP contribution in [0.2, 0.25) is 0 Å². The Bertz CT molecular complexity index is 1160. The number of halogens is 2. The van der Waals surface area contributed by atoms with Crippen LogP contribution in [0.4, 0.5) is 4.39 Å². The van der Waals surface area contributed by atoms with Crippen LogP contribution in [0.25, 0.3) is 0 Å². The van der Waals surface area contributed by atoms with E-state index in [2.05, 4.69) is 65.8 Å². The third-order valence-corrected chi connectivity index (χ3v) is 14.0. The van der Waals surface area contributed by atoms with Crippen LogP contribution in [0.3, 0.4) is 0 Å². The fraction of sp³-hybridized carbons (Fsp3) is 0.357. The highest BCUT2D eigenvalue weighted by molar-refractivity contribution is 7.86. The van der Waals surface area contributed by atoms with E-state index >= 15 is 0 Å². The lowest BCUT2D eigenvalue weighted by atomic mass is 9.82. The van der Waals surface area contributed by atoms with Crippen LogP contribution >= 0.6 is 0 Å². The number of rotatable bonds is 9. The van der Waals surface area contributed by atoms with Crippen LogP contribution < -0.4 is 20.2 Å². The van der Waals surface area contributed by atoms with E-state index in [9.17, 15) is 12.8 Å². The van der Waals surface area contributed by atoms with Gasteiger partial charge in [0.05, 0.1) is 0 Å². The van der Waals surface area contributed by atoms with Gasteiger partial charge in [0.2, 0.25) is 0 Å². The lowest BCUT2D eigenvalue weighted by Gasteiger charge is -2.23. The van der Waals surface area contributed by atoms with E-state index in [-0.39, 0.29) is 10.8 Å². The summed E-state index contributed by atoms with van der Waals surface area (Å²) in [7, 11) is -4.28. The van der Waals surface area contributed by atoms with Crippen molar-refractivity contribution < 1.29 is 35.6 Å². The quantitative estimate of drug-likeness (QED) is 0.349. The van der Waals surface area contributed by atoms with Gasteiger partial charge in [-0.3, -0.25) is 0 Å². The van der Waals surface area contributed by atoms with Crippen LogP contribution in [-0.2, 0) is 23.5 Å². The molecule has 3 rings (SSSR count). The summed E-state index contributed by atoms with van der Waals surface area (Å²) in [6.07, 6.45) is 1.98. The molecular formula is C28H34FIO3S+. The normalized spacial score (nSPS) is 12.8. The summed E-state index contributed by atoms with van der Waals surface area (Å²) in [4.78, 5) is -0.426. The summed E-state index contributed by atoms with van der Waals surface area (Å²) in [5, 5.41) is 0. The number of hydrogen-bond donors (Lipinski definition) is 0. The van der Waals surface area contributed by atoms with E-state index in [4.69, 9.17) is 2.51 Å². The molecule has 0 aliphatic rings. The van der Waals surface area contributed by atoms with Gasteiger partial charge in [-0.2, -0.15) is 8.42 Å². The molecule has 0 spiro atoms. The minimum atomic E-state index is -4.28. The number of benzene rings is 3. The van der Waals surface area contributed by atoms with E-state index < -0.39 is 41.1 Å². The predicted molar refractivity (Wildman–Crippen MR) is 132 cm³/mol. The SMILES string of the molecule is CCC(C)(C)c1ccc([I+](OS(=O)(=O)c2ccccc2F)c2ccc(C(C)(C)CC)cc2)cc1. The van der Waals surface area contributed by atoms with Crippen molar-refractivity contribution in [1.82, 2.24) is 0 Å². The molecule has 0 heterocycles. The van der Waals surface area contributed by atoms with Gasteiger partial charge in [0.25, 0.3) is 0 Å². The average molecular weight is 597 g/mol. The summed E-state index contributed by atoms with van der Waals surface area (Å²) in [5.41, 5.74) is 2.41. The zero-order valence-electron chi connectivity index (χ0n) is 20.7. The zero-order chi connectivity index (χ0) is 25.1. The van der Waals surface area contributed by atoms with Crippen molar-refractivity contribution in [3.05, 3.63) is 96.9 Å². The Balaban J connectivity index is 2.06. The highest BCUT2D eigenvalue weighted by Crippen LogP contribution is 2.27. The summed E-state index contributed by atoms with van der Waals surface area (Å²) in [6, 6.07) is 21.4. The Morgan fingerprint density at radius 1 is 0.735 bits per heavy atom. The van der Waals surface area contributed by atoms with Crippen molar-refractivity contribution in [2.24, 2.45) is 0 Å². The van der Waals surface area contributed by atoms with E-state index in [0.29, 0.717) is 0 Å². The molecule has 0 atom stereocenters. The fourth-order valence-electron chi connectivity index (χ4n) is 3.40. The molecule has 1 radical (unpaired) electrons. The van der Waals surface area contributed by atoms with Crippen molar-refractivity contribution >= 4 is 10.1 Å². The summed E-state index contributed by atoms with van der Waals surface area (Å²) >= 11 is -2.92. The predicted octanol–water partition coefficient (Wildman–Crippen LogP) is 4.19. The van der Waals surface area contributed by atoms with Gasteiger partial charge >= 0.3 is 30.4 Å². The standard InChI is InChI=1S/C28H34FIO3S/c1-7-27(3,4)21-13-17-23(18-14-21)30(24-19-15-22(16-20-24)28(5,6)8-2)33-34(31,32)26-12-10-9-11-25(26)29/h9-20H,7-8H2,1-6H3/q+1. The Morgan fingerprint density at radius 3 is 1.53 bits per heavy atom. The summed E-state index contributed by atoms with van der Waals surface area (Å²) in [6.45, 7) is 13.0. The average Bonchev–Trinajstić information content (AvgIpc) is 2.83. The lowest BCUT2D eigenvalue weighted by Crippen LogP contribution is -3.85. The van der Waals surface area contributed by atoms with Gasteiger partial charge < -0.3 is 0 Å². The Morgan fingerprint density at radius 2 is 1.15 bits per heavy atom. The molecule has 0 fully saturated rings. The molecule has 0 aliphatic carbocycles. The topological polar surface area (TPSA) is 43.4 Å². The largest absolute Gasteiger partial charge is 0.339 e. The smallest absolute Gasteiger partial charge is 0.205 e. The fourth-order valence-corrected chi connectivity index (χ4v) is 10.3. The maximum atomic E-state index is 14.3. The molecular weight excluding hydrogens is 562 g/mol. The molecule has 0 N–H and O–H groups in total. The van der Waals surface area contributed by atoms with Crippen LogP contribution in [0.15, 0.2) is 77.7 Å². The Hall–Kier alpha value is -1.77. The van der Waals surface area contributed by atoms with Crippen molar-refractivity contribution in [2.75, 3.05) is 0 Å². The summed E-state index contributed by atoms with van der Waals surface area (Å²) in [5.74, 6) is -0.807. The molecule has 3 nitrogen and oxygen atoms in total. The molecule has 0 unspecified atom stereocenters. The second-order valence-electron chi connectivity index (χ2n) is 9.68. The van der Waals surface area contributed by atoms with Gasteiger partial charge in [0.15, 0.2) is 7.14 Å². The first kappa shape index (κ1) is 26.8. The van der Waals surface area contributed by atoms with E-state index in [1.54, 1.807) is 0 Å². The van der Waals surface area contributed by atoms with Crippen LogP contribution in [0, 0.1) is 13.0 Å². The molecule has 183 valence electrons. The minimum absolute atomic E-state index is 0.0189. The Labute approximate surface area is 211 Å². The zero-order valence-corrected chi connectivity index (χ0v) is 23.7. The molecule has 0 amide bonds. The molecule has 0 bridgehead atoms. The first-order valence-electron chi connectivity index (χ1n) is 11.5. The third kappa shape index (κ3) is 5.89. The van der Waals surface area contributed by atoms with Gasteiger partial charge in [-0.05, 0) is 73.7 Å². The van der Waals surface area contributed by atoms with Gasteiger partial charge in [-0.1, -0.05) is 77.9 Å². The minimum Gasteiger partial charge on any atom is -0.205 e. The lowest BCUT2D eigenvalue weighted by molar-refractivity contribution is -1.03. The van der Waals surface area contributed by atoms with E-state index in [1.807, 2.05) is 24.3 Å². The van der Waals surface area contributed by atoms with Crippen LogP contribution in [0.1, 0.15) is 65.5 Å². The molecule has 6 heteroatoms. The first-order chi connectivity index (χ1) is 15.9. The van der Waals surface area contributed by atoms with Gasteiger partial charge in [-0.15, -0.1) is 0 Å². The number of hydrogen-bond acceptors (Lipinski definition) is 3. The second-order valence-corrected chi connectivity index (χ2v) is 16.1. The van der Waals surface area contributed by atoms with Crippen molar-refractivity contribution in [1.29, 1.82) is 0 Å². The molecule has 0 aliphatic heterocycles. The van der Waals surface area contributed by atoms with E-state index in [1.165, 1.54) is 29.3 Å². The molecule has 3 aromatic carbocycles. The van der Waals surface area contributed by atoms with Gasteiger partial charge in [-0.25, -0.2) is 4.39 Å². The maximum absolute atomic E-state index is 14.3. The highest BCUT2D eigenvalue weighted by atomic mass is 127. The van der Waals surface area contributed by atoms with Gasteiger partial charge in [0, 0.05) is 0 Å². The molecule has 34 heavy (non-hydrogen) atoms. The van der Waals surface area contributed by atoms with E-state index in [0.717, 1.165) is 26.0 Å². The van der Waals surface area contributed by atoms with Crippen LogP contribution in [-0.4, -0.2) is 8.42 Å². The van der Waals surface area contributed by atoms with Crippen molar-refractivity contribution in [3.8, 4) is 0 Å².